The maximum absolute atomic E-state index is 8.39. The van der Waals surface area contributed by atoms with E-state index in [2.05, 4.69) is 6.58 Å². The third-order valence-corrected chi connectivity index (χ3v) is 0.812. The molecule has 1 rings (SSSR count). The van der Waals surface area contributed by atoms with Gasteiger partial charge in [0.1, 0.15) is 0 Å². The quantitative estimate of drug-likeness (QED) is 0.426. The molecule has 0 saturated carbocycles. The molecule has 1 saturated heterocycles. The van der Waals surface area contributed by atoms with Gasteiger partial charge in [0.05, 0.1) is 0 Å². The van der Waals surface area contributed by atoms with E-state index in [9.17, 15) is 0 Å². The van der Waals surface area contributed by atoms with E-state index in [0.717, 1.165) is 5.57 Å². The Bertz CT molecular complexity index is 71.6. The molecular formula is C4H7NO. The van der Waals surface area contributed by atoms with Gasteiger partial charge in [-0.15, -0.1) is 0 Å². The first kappa shape index (κ1) is 3.84. The zero-order valence-electron chi connectivity index (χ0n) is 3.52. The molecule has 0 aromatic carbocycles. The van der Waals surface area contributed by atoms with Crippen LogP contribution in [0.25, 0.3) is 0 Å². The Morgan fingerprint density at radius 3 is 2.17 bits per heavy atom. The monoisotopic (exact) mass is 85.1 g/mol. The number of hydrogen-bond acceptors (Lipinski definition) is 2. The first-order valence-electron chi connectivity index (χ1n) is 1.89. The molecule has 2 heteroatoms. The maximum atomic E-state index is 8.39. The third kappa shape index (κ3) is 0.441. The molecule has 0 atom stereocenters. The van der Waals surface area contributed by atoms with Gasteiger partial charge in [0, 0.05) is 13.1 Å². The van der Waals surface area contributed by atoms with Crippen molar-refractivity contribution in [3.8, 4) is 0 Å². The van der Waals surface area contributed by atoms with Crippen molar-refractivity contribution in [2.45, 2.75) is 0 Å². The highest BCUT2D eigenvalue weighted by atomic mass is 16.5. The summed E-state index contributed by atoms with van der Waals surface area (Å²) < 4.78 is 0. The van der Waals surface area contributed by atoms with Crippen molar-refractivity contribution < 1.29 is 5.21 Å². The number of nitrogens with zero attached hydrogens (tertiary/aromatic N) is 1. The van der Waals surface area contributed by atoms with Crippen LogP contribution >= 0.6 is 0 Å². The fourth-order valence-corrected chi connectivity index (χ4v) is 0.470. The molecule has 0 aromatic heterocycles. The summed E-state index contributed by atoms with van der Waals surface area (Å²) in [6, 6.07) is 0. The molecule has 1 heterocycles. The average molecular weight is 85.1 g/mol. The van der Waals surface area contributed by atoms with Crippen molar-refractivity contribution in [3.05, 3.63) is 12.2 Å². The molecule has 6 heavy (non-hydrogen) atoms. The standard InChI is InChI=1S/C4H7NO/c1-4-2-5(6)3-4/h6H,1-3H2. The second kappa shape index (κ2) is 1.06. The zero-order chi connectivity index (χ0) is 4.57. The van der Waals surface area contributed by atoms with Crippen LogP contribution in [0.1, 0.15) is 0 Å². The van der Waals surface area contributed by atoms with Gasteiger partial charge in [-0.3, -0.25) is 0 Å². The fraction of sp³-hybridized carbons (Fsp3) is 0.500. The normalized spacial score (nSPS) is 23.8. The van der Waals surface area contributed by atoms with Gasteiger partial charge in [0.2, 0.25) is 0 Å². The molecule has 0 aliphatic carbocycles. The largest absolute Gasteiger partial charge is 0.313 e. The van der Waals surface area contributed by atoms with E-state index in [1.54, 1.807) is 0 Å². The molecule has 1 N–H and O–H groups in total. The molecule has 0 unspecified atom stereocenters. The lowest BCUT2D eigenvalue weighted by Crippen LogP contribution is -2.35. The number of hydrogen-bond donors (Lipinski definition) is 1. The van der Waals surface area contributed by atoms with Crippen molar-refractivity contribution in [2.75, 3.05) is 13.1 Å². The topological polar surface area (TPSA) is 23.5 Å². The molecular weight excluding hydrogens is 78.0 g/mol. The highest BCUT2D eigenvalue weighted by molar-refractivity contribution is 5.06. The van der Waals surface area contributed by atoms with Crippen LogP contribution in [0.2, 0.25) is 0 Å². The molecule has 2 nitrogen and oxygen atoms in total. The Kier molecular flexibility index (Phi) is 0.680. The molecule has 0 bridgehead atoms. The van der Waals surface area contributed by atoms with Crippen LogP contribution in [-0.2, 0) is 0 Å². The summed E-state index contributed by atoms with van der Waals surface area (Å²) >= 11 is 0. The SMILES string of the molecule is C=C1CN(O)C1. The van der Waals surface area contributed by atoms with Crippen LogP contribution in [0.3, 0.4) is 0 Å². The molecule has 1 aliphatic heterocycles. The van der Waals surface area contributed by atoms with E-state index in [1.807, 2.05) is 0 Å². The highest BCUT2D eigenvalue weighted by Gasteiger charge is 2.13. The second-order valence-corrected chi connectivity index (χ2v) is 1.57. The Morgan fingerprint density at radius 2 is 2.17 bits per heavy atom. The lowest BCUT2D eigenvalue weighted by molar-refractivity contribution is -0.107. The van der Waals surface area contributed by atoms with Gasteiger partial charge >= 0.3 is 0 Å². The Labute approximate surface area is 36.6 Å². The Balaban J connectivity index is 2.28. The molecule has 1 aliphatic rings. The zero-order valence-corrected chi connectivity index (χ0v) is 3.52. The highest BCUT2D eigenvalue weighted by Crippen LogP contribution is 2.05. The van der Waals surface area contributed by atoms with Crippen LogP contribution in [0.15, 0.2) is 12.2 Å². The van der Waals surface area contributed by atoms with Crippen molar-refractivity contribution >= 4 is 0 Å². The summed E-state index contributed by atoms with van der Waals surface area (Å²) in [5.74, 6) is 0. The minimum absolute atomic E-state index is 0.667. The lowest BCUT2D eigenvalue weighted by atomic mass is 10.2. The van der Waals surface area contributed by atoms with Crippen LogP contribution in [-0.4, -0.2) is 23.4 Å². The fourth-order valence-electron chi connectivity index (χ4n) is 0.470. The van der Waals surface area contributed by atoms with Crippen LogP contribution < -0.4 is 0 Å². The van der Waals surface area contributed by atoms with Gasteiger partial charge in [0.15, 0.2) is 0 Å². The van der Waals surface area contributed by atoms with Gasteiger partial charge in [-0.25, -0.2) is 0 Å². The second-order valence-electron chi connectivity index (χ2n) is 1.57. The average Bonchev–Trinajstić information content (AvgIpc) is 1.33. The first-order valence-corrected chi connectivity index (χ1v) is 1.89. The van der Waals surface area contributed by atoms with Gasteiger partial charge in [-0.2, -0.15) is 5.06 Å². The third-order valence-electron chi connectivity index (χ3n) is 0.812. The minimum Gasteiger partial charge on any atom is -0.313 e. The summed E-state index contributed by atoms with van der Waals surface area (Å²) in [5.41, 5.74) is 1.11. The van der Waals surface area contributed by atoms with Crippen molar-refractivity contribution in [3.63, 3.8) is 0 Å². The van der Waals surface area contributed by atoms with Crippen molar-refractivity contribution in [1.29, 1.82) is 0 Å². The summed E-state index contributed by atoms with van der Waals surface area (Å²) in [4.78, 5) is 0. The lowest BCUT2D eigenvalue weighted by Gasteiger charge is -2.25. The Hall–Kier alpha value is -0.340. The summed E-state index contributed by atoms with van der Waals surface area (Å²) in [6.07, 6.45) is 0. The summed E-state index contributed by atoms with van der Waals surface area (Å²) in [6.45, 7) is 4.94. The van der Waals surface area contributed by atoms with Crippen molar-refractivity contribution in [2.24, 2.45) is 0 Å². The van der Waals surface area contributed by atoms with Crippen LogP contribution in [0.5, 0.6) is 0 Å². The van der Waals surface area contributed by atoms with Gasteiger partial charge < -0.3 is 5.21 Å². The van der Waals surface area contributed by atoms with Crippen LogP contribution in [0, 0.1) is 0 Å². The predicted octanol–water partition coefficient (Wildman–Crippen LogP) is 0.247. The maximum Gasteiger partial charge on any atom is 0.0462 e. The first-order chi connectivity index (χ1) is 2.79. The predicted molar refractivity (Wildman–Crippen MR) is 22.5 cm³/mol. The summed E-state index contributed by atoms with van der Waals surface area (Å²) in [5, 5.41) is 9.62. The van der Waals surface area contributed by atoms with Gasteiger partial charge in [-0.05, 0) is 5.57 Å². The van der Waals surface area contributed by atoms with E-state index >= 15 is 0 Å². The number of rotatable bonds is 0. The minimum atomic E-state index is 0.667. The molecule has 0 amide bonds. The van der Waals surface area contributed by atoms with Crippen molar-refractivity contribution in [1.82, 2.24) is 5.06 Å². The van der Waals surface area contributed by atoms with Crippen LogP contribution in [0.4, 0.5) is 0 Å². The molecule has 0 radical (unpaired) electrons. The summed E-state index contributed by atoms with van der Waals surface area (Å²) in [7, 11) is 0. The molecule has 34 valence electrons. The molecule has 1 fully saturated rings. The number of hydroxylamine groups is 2. The van der Waals surface area contributed by atoms with E-state index in [-0.39, 0.29) is 0 Å². The molecule has 0 spiro atoms. The smallest absolute Gasteiger partial charge is 0.0462 e. The Morgan fingerprint density at radius 1 is 1.67 bits per heavy atom. The van der Waals surface area contributed by atoms with E-state index in [0.29, 0.717) is 13.1 Å². The molecule has 0 aromatic rings. The van der Waals surface area contributed by atoms with E-state index in [4.69, 9.17) is 5.21 Å². The van der Waals surface area contributed by atoms with Gasteiger partial charge in [-0.1, -0.05) is 6.58 Å². The van der Waals surface area contributed by atoms with Gasteiger partial charge in [0.25, 0.3) is 0 Å². The van der Waals surface area contributed by atoms with E-state index in [1.165, 1.54) is 5.06 Å². The van der Waals surface area contributed by atoms with E-state index < -0.39 is 0 Å².